The highest BCUT2D eigenvalue weighted by Gasteiger charge is 2.34. The molecule has 5 rings (SSSR count). The Kier molecular flexibility index (Phi) is 5.50. The van der Waals surface area contributed by atoms with Crippen LogP contribution in [0.5, 0.6) is 11.8 Å². The van der Waals surface area contributed by atoms with E-state index in [1.54, 1.807) is 21.3 Å². The van der Waals surface area contributed by atoms with E-state index < -0.39 is 28.8 Å². The van der Waals surface area contributed by atoms with Crippen molar-refractivity contribution in [3.8, 4) is 11.8 Å². The summed E-state index contributed by atoms with van der Waals surface area (Å²) in [4.78, 5) is 35.6. The molecule has 0 saturated heterocycles. The number of aromatic hydroxyl groups is 2. The van der Waals surface area contributed by atoms with Crippen LogP contribution in [0.4, 0.5) is 0 Å². The molecule has 2 N–H and O–H groups in total. The molecule has 2 aromatic heterocycles. The van der Waals surface area contributed by atoms with Crippen molar-refractivity contribution in [2.24, 2.45) is 0 Å². The molecule has 0 atom stereocenters. The summed E-state index contributed by atoms with van der Waals surface area (Å²) < 4.78 is 3.08. The van der Waals surface area contributed by atoms with Gasteiger partial charge in [-0.15, -0.1) is 0 Å². The van der Waals surface area contributed by atoms with E-state index in [0.29, 0.717) is 29.0 Å². The molecule has 1 aromatic carbocycles. The van der Waals surface area contributed by atoms with Crippen LogP contribution in [0, 0.1) is 6.92 Å². The third kappa shape index (κ3) is 3.51. The van der Waals surface area contributed by atoms with Crippen molar-refractivity contribution >= 4 is 23.5 Å². The lowest BCUT2D eigenvalue weighted by Crippen LogP contribution is -2.35. The molecule has 0 radical (unpaired) electrons. The molecule has 2 aliphatic rings. The normalized spacial score (nSPS) is 15.4. The topological polar surface area (TPSA) is 110 Å². The lowest BCUT2D eigenvalue weighted by atomic mass is 9.86. The van der Waals surface area contributed by atoms with Gasteiger partial charge in [-0.1, -0.05) is 53.4 Å². The van der Waals surface area contributed by atoms with Crippen molar-refractivity contribution in [1.29, 1.82) is 0 Å². The Bertz CT molecular complexity index is 1240. The summed E-state index contributed by atoms with van der Waals surface area (Å²) in [6.07, 6.45) is 1.62. The highest BCUT2D eigenvalue weighted by atomic mass is 32.2. The average molecular weight is 471 g/mol. The molecule has 0 bridgehead atoms. The first-order valence-corrected chi connectivity index (χ1v) is 12.4. The molecule has 8 nitrogen and oxygen atoms in total. The number of nitrogens with zero attached hydrogens (tertiary/aromatic N) is 4. The number of fused-ring (bicyclic) bond motifs is 2. The maximum Gasteiger partial charge on any atom is 0.262 e. The van der Waals surface area contributed by atoms with Crippen LogP contribution in [0.3, 0.4) is 0 Å². The average Bonchev–Trinajstić information content (AvgIpc) is 2.78. The highest BCUT2D eigenvalue weighted by Crippen LogP contribution is 2.38. The fourth-order valence-corrected chi connectivity index (χ4v) is 6.08. The summed E-state index contributed by atoms with van der Waals surface area (Å²) in [5.41, 5.74) is 0.778. The van der Waals surface area contributed by atoms with Gasteiger partial charge in [0.05, 0.1) is 17.0 Å². The third-order valence-electron chi connectivity index (χ3n) is 5.80. The van der Waals surface area contributed by atoms with Gasteiger partial charge < -0.3 is 10.2 Å². The van der Waals surface area contributed by atoms with Gasteiger partial charge in [0, 0.05) is 24.6 Å². The summed E-state index contributed by atoms with van der Waals surface area (Å²) in [5.74, 6) is -0.193. The van der Waals surface area contributed by atoms with Crippen molar-refractivity contribution in [2.45, 2.75) is 49.1 Å². The molecule has 32 heavy (non-hydrogen) atoms. The minimum Gasteiger partial charge on any atom is -0.493 e. The van der Waals surface area contributed by atoms with Crippen molar-refractivity contribution in [3.05, 3.63) is 67.2 Å². The zero-order chi connectivity index (χ0) is 22.4. The Morgan fingerprint density at radius 3 is 1.78 bits per heavy atom. The first kappa shape index (κ1) is 21.1. The van der Waals surface area contributed by atoms with Crippen molar-refractivity contribution < 1.29 is 10.2 Å². The van der Waals surface area contributed by atoms with E-state index in [4.69, 9.17) is 0 Å². The fraction of sp³-hybridized carbons (Fsp3) is 0.364. The Hall–Kier alpha value is -2.72. The summed E-state index contributed by atoms with van der Waals surface area (Å²) in [6.45, 7) is 2.92. The molecule has 4 heterocycles. The molecule has 0 fully saturated rings. The van der Waals surface area contributed by atoms with E-state index >= 15 is 0 Å². The Morgan fingerprint density at radius 1 is 0.844 bits per heavy atom. The number of rotatable bonds is 3. The lowest BCUT2D eigenvalue weighted by Gasteiger charge is -2.24. The predicted molar refractivity (Wildman–Crippen MR) is 123 cm³/mol. The van der Waals surface area contributed by atoms with Gasteiger partial charge in [0.2, 0.25) is 11.8 Å². The molecule has 166 valence electrons. The van der Waals surface area contributed by atoms with Crippen LogP contribution >= 0.6 is 23.5 Å². The van der Waals surface area contributed by atoms with Gasteiger partial charge in [-0.25, -0.2) is 0 Å². The van der Waals surface area contributed by atoms with Crippen molar-refractivity contribution in [3.63, 3.8) is 0 Å². The van der Waals surface area contributed by atoms with Gasteiger partial charge >= 0.3 is 0 Å². The maximum absolute atomic E-state index is 13.5. The zero-order valence-electron chi connectivity index (χ0n) is 17.4. The number of aryl methyl sites for hydroxylation is 1. The number of benzene rings is 1. The molecule has 0 saturated carbocycles. The third-order valence-corrected chi connectivity index (χ3v) is 7.93. The van der Waals surface area contributed by atoms with Crippen LogP contribution in [-0.2, 0) is 13.1 Å². The van der Waals surface area contributed by atoms with E-state index in [1.165, 1.54) is 23.5 Å². The monoisotopic (exact) mass is 470 g/mol. The van der Waals surface area contributed by atoms with E-state index in [2.05, 4.69) is 9.97 Å². The molecule has 10 heteroatoms. The lowest BCUT2D eigenvalue weighted by molar-refractivity contribution is 0.406. The largest absolute Gasteiger partial charge is 0.493 e. The molecule has 0 unspecified atom stereocenters. The van der Waals surface area contributed by atoms with Crippen LogP contribution < -0.4 is 11.1 Å². The van der Waals surface area contributed by atoms with Gasteiger partial charge in [-0.3, -0.25) is 18.7 Å². The summed E-state index contributed by atoms with van der Waals surface area (Å²) in [6, 6.07) is 7.34. The van der Waals surface area contributed by atoms with E-state index in [0.717, 1.165) is 29.9 Å². The van der Waals surface area contributed by atoms with Crippen molar-refractivity contribution in [2.75, 3.05) is 11.5 Å². The van der Waals surface area contributed by atoms with Gasteiger partial charge in [-0.05, 0) is 25.3 Å². The molecule has 3 aromatic rings. The standard InChI is InChI=1S/C22H22N4O4S2/c1-12-4-6-13(7-5-12)14(15-17(27)23-21-25(19(15)29)8-2-10-31-21)16-18(28)24-22-26(20(16)30)9-3-11-32-22/h4-7,14,27-28H,2-3,8-11H2,1H3. The molecular formula is C22H22N4O4S2. The first-order chi connectivity index (χ1) is 15.5. The smallest absolute Gasteiger partial charge is 0.262 e. The SMILES string of the molecule is Cc1ccc(C(c2c(O)nc3n(c2=O)CCCS3)c2c(O)nc3n(c2=O)CCCS3)cc1. The van der Waals surface area contributed by atoms with Crippen LogP contribution in [0.2, 0.25) is 0 Å². The number of aromatic nitrogens is 4. The quantitative estimate of drug-likeness (QED) is 0.562. The Balaban J connectivity index is 1.81. The second-order valence-corrected chi connectivity index (χ2v) is 10.0. The van der Waals surface area contributed by atoms with E-state index in [1.807, 2.05) is 19.1 Å². The van der Waals surface area contributed by atoms with Gasteiger partial charge in [-0.2, -0.15) is 9.97 Å². The molecule has 0 spiro atoms. The van der Waals surface area contributed by atoms with Crippen LogP contribution in [-0.4, -0.2) is 40.8 Å². The molecule has 2 aliphatic heterocycles. The summed E-state index contributed by atoms with van der Waals surface area (Å²) in [5, 5.41) is 22.7. The number of hydrogen-bond donors (Lipinski definition) is 2. The zero-order valence-corrected chi connectivity index (χ0v) is 19.1. The molecule has 0 aliphatic carbocycles. The first-order valence-electron chi connectivity index (χ1n) is 10.4. The number of hydrogen-bond acceptors (Lipinski definition) is 8. The minimum absolute atomic E-state index is 0.0154. The van der Waals surface area contributed by atoms with E-state index in [9.17, 15) is 19.8 Å². The van der Waals surface area contributed by atoms with Gasteiger partial charge in [0.1, 0.15) is 0 Å². The summed E-state index contributed by atoms with van der Waals surface area (Å²) >= 11 is 2.83. The van der Waals surface area contributed by atoms with Gasteiger partial charge in [0.15, 0.2) is 10.3 Å². The second-order valence-electron chi connectivity index (χ2n) is 7.92. The second kappa shape index (κ2) is 8.32. The molecular weight excluding hydrogens is 448 g/mol. The Morgan fingerprint density at radius 2 is 1.31 bits per heavy atom. The minimum atomic E-state index is -0.995. The van der Waals surface area contributed by atoms with Crippen molar-refractivity contribution in [1.82, 2.24) is 19.1 Å². The van der Waals surface area contributed by atoms with Crippen LogP contribution in [0.25, 0.3) is 0 Å². The number of thioether (sulfide) groups is 2. The summed E-state index contributed by atoms with van der Waals surface area (Å²) in [7, 11) is 0. The fourth-order valence-electron chi connectivity index (χ4n) is 4.21. The van der Waals surface area contributed by atoms with Crippen LogP contribution in [0.1, 0.15) is 41.0 Å². The van der Waals surface area contributed by atoms with E-state index in [-0.39, 0.29) is 11.1 Å². The van der Waals surface area contributed by atoms with Gasteiger partial charge in [0.25, 0.3) is 11.1 Å². The van der Waals surface area contributed by atoms with Crippen LogP contribution in [0.15, 0.2) is 44.2 Å². The maximum atomic E-state index is 13.5. The highest BCUT2D eigenvalue weighted by molar-refractivity contribution is 7.99. The molecule has 0 amide bonds. The Labute approximate surface area is 192 Å². The predicted octanol–water partition coefficient (Wildman–Crippen LogP) is 2.69.